The predicted molar refractivity (Wildman–Crippen MR) is 63.4 cm³/mol. The Kier molecular flexibility index (Phi) is 5.03. The largest absolute Gasteiger partial charge is 0.374 e. The van der Waals surface area contributed by atoms with Crippen molar-refractivity contribution in [3.05, 3.63) is 0 Å². The summed E-state index contributed by atoms with van der Waals surface area (Å²) < 4.78 is 5.79. The monoisotopic (exact) mass is 214 g/mol. The third-order valence-corrected chi connectivity index (χ3v) is 3.57. The van der Waals surface area contributed by atoms with Crippen molar-refractivity contribution in [1.82, 2.24) is 5.43 Å². The summed E-state index contributed by atoms with van der Waals surface area (Å²) >= 11 is 0. The zero-order valence-corrected chi connectivity index (χ0v) is 10.4. The molecule has 1 fully saturated rings. The summed E-state index contributed by atoms with van der Waals surface area (Å²) in [6.45, 7) is 7.05. The minimum absolute atomic E-state index is 0.161. The zero-order chi connectivity index (χ0) is 11.3. The number of hydrazine groups is 1. The molecule has 0 saturated heterocycles. The van der Waals surface area contributed by atoms with E-state index in [4.69, 9.17) is 10.6 Å². The Hall–Kier alpha value is -0.120. The van der Waals surface area contributed by atoms with Gasteiger partial charge in [-0.3, -0.25) is 11.3 Å². The fraction of sp³-hybridized carbons (Fsp3) is 1.00. The van der Waals surface area contributed by atoms with Crippen molar-refractivity contribution < 1.29 is 4.74 Å². The van der Waals surface area contributed by atoms with Gasteiger partial charge in [0, 0.05) is 6.61 Å². The van der Waals surface area contributed by atoms with Crippen LogP contribution in [0.4, 0.5) is 0 Å². The van der Waals surface area contributed by atoms with Gasteiger partial charge in [0.1, 0.15) is 0 Å². The molecule has 1 saturated carbocycles. The Morgan fingerprint density at radius 3 is 2.40 bits per heavy atom. The molecule has 3 nitrogen and oxygen atoms in total. The lowest BCUT2D eigenvalue weighted by atomic mass is 9.78. The van der Waals surface area contributed by atoms with Gasteiger partial charge in [-0.2, -0.15) is 0 Å². The van der Waals surface area contributed by atoms with E-state index in [1.54, 1.807) is 0 Å². The highest BCUT2D eigenvalue weighted by Gasteiger charge is 2.35. The third-order valence-electron chi connectivity index (χ3n) is 3.57. The molecule has 0 aromatic heterocycles. The first-order chi connectivity index (χ1) is 7.11. The van der Waals surface area contributed by atoms with Crippen LogP contribution in [0.1, 0.15) is 52.9 Å². The normalized spacial score (nSPS) is 21.6. The maximum atomic E-state index is 5.79. The van der Waals surface area contributed by atoms with Gasteiger partial charge in [-0.25, -0.2) is 0 Å². The van der Waals surface area contributed by atoms with Gasteiger partial charge in [0.25, 0.3) is 0 Å². The van der Waals surface area contributed by atoms with Crippen molar-refractivity contribution in [3.63, 3.8) is 0 Å². The number of nitrogens with one attached hydrogen (secondary N) is 1. The first kappa shape index (κ1) is 12.9. The first-order valence-corrected chi connectivity index (χ1v) is 6.22. The van der Waals surface area contributed by atoms with Gasteiger partial charge in [-0.05, 0) is 39.5 Å². The average Bonchev–Trinajstić information content (AvgIpc) is 2.19. The molecule has 0 aliphatic heterocycles. The van der Waals surface area contributed by atoms with Crippen molar-refractivity contribution in [3.8, 4) is 0 Å². The second-order valence-corrected chi connectivity index (χ2v) is 5.08. The standard InChI is InChI=1S/C12H26N2O/c1-4-15-12(2,3)11(14-13)10-8-6-5-7-9-10/h10-11,14H,4-9,13H2,1-3H3. The second kappa shape index (κ2) is 5.83. The van der Waals surface area contributed by atoms with E-state index in [1.165, 1.54) is 32.1 Å². The molecule has 0 aromatic carbocycles. The van der Waals surface area contributed by atoms with E-state index in [0.29, 0.717) is 5.92 Å². The zero-order valence-electron chi connectivity index (χ0n) is 10.4. The fourth-order valence-electron chi connectivity index (χ4n) is 2.83. The van der Waals surface area contributed by atoms with Gasteiger partial charge in [0.2, 0.25) is 0 Å². The van der Waals surface area contributed by atoms with Gasteiger partial charge in [0.15, 0.2) is 0 Å². The molecule has 1 unspecified atom stereocenters. The molecule has 0 radical (unpaired) electrons. The average molecular weight is 214 g/mol. The van der Waals surface area contributed by atoms with E-state index >= 15 is 0 Å². The molecule has 0 amide bonds. The lowest BCUT2D eigenvalue weighted by Crippen LogP contribution is -2.55. The van der Waals surface area contributed by atoms with E-state index in [1.807, 2.05) is 6.92 Å². The number of hydrogen-bond donors (Lipinski definition) is 2. The van der Waals surface area contributed by atoms with Crippen LogP contribution in [0.15, 0.2) is 0 Å². The number of nitrogens with two attached hydrogens (primary N) is 1. The summed E-state index contributed by atoms with van der Waals surface area (Å²) in [6, 6.07) is 0.276. The quantitative estimate of drug-likeness (QED) is 0.545. The predicted octanol–water partition coefficient (Wildman–Crippen LogP) is 2.21. The fourth-order valence-corrected chi connectivity index (χ4v) is 2.83. The van der Waals surface area contributed by atoms with Crippen LogP contribution < -0.4 is 11.3 Å². The number of rotatable bonds is 5. The van der Waals surface area contributed by atoms with Crippen LogP contribution in [0.3, 0.4) is 0 Å². The molecule has 0 heterocycles. The molecule has 90 valence electrons. The van der Waals surface area contributed by atoms with Gasteiger partial charge in [-0.1, -0.05) is 19.3 Å². The molecule has 0 aromatic rings. The molecule has 1 aliphatic carbocycles. The lowest BCUT2D eigenvalue weighted by Gasteiger charge is -2.40. The van der Waals surface area contributed by atoms with Gasteiger partial charge < -0.3 is 4.74 Å². The van der Waals surface area contributed by atoms with Crippen molar-refractivity contribution in [2.24, 2.45) is 11.8 Å². The highest BCUT2D eigenvalue weighted by Crippen LogP contribution is 2.32. The SMILES string of the molecule is CCOC(C)(C)C(NN)C1CCCCC1. The number of hydrogen-bond acceptors (Lipinski definition) is 3. The lowest BCUT2D eigenvalue weighted by molar-refractivity contribution is -0.0572. The summed E-state index contributed by atoms with van der Waals surface area (Å²) in [6.07, 6.45) is 6.62. The number of ether oxygens (including phenoxy) is 1. The minimum atomic E-state index is -0.161. The second-order valence-electron chi connectivity index (χ2n) is 5.08. The Labute approximate surface area is 93.7 Å². The Morgan fingerprint density at radius 2 is 1.93 bits per heavy atom. The molecule has 15 heavy (non-hydrogen) atoms. The topological polar surface area (TPSA) is 47.3 Å². The van der Waals surface area contributed by atoms with Crippen molar-refractivity contribution in [1.29, 1.82) is 0 Å². The van der Waals surface area contributed by atoms with E-state index in [2.05, 4.69) is 19.3 Å². The molecule has 1 atom stereocenters. The molecule has 0 spiro atoms. The van der Waals surface area contributed by atoms with Crippen LogP contribution in [-0.2, 0) is 4.74 Å². The highest BCUT2D eigenvalue weighted by atomic mass is 16.5. The van der Waals surface area contributed by atoms with Gasteiger partial charge in [0.05, 0.1) is 11.6 Å². The van der Waals surface area contributed by atoms with Gasteiger partial charge in [-0.15, -0.1) is 0 Å². The Morgan fingerprint density at radius 1 is 1.33 bits per heavy atom. The molecule has 3 N–H and O–H groups in total. The molecule has 0 bridgehead atoms. The van der Waals surface area contributed by atoms with E-state index in [9.17, 15) is 0 Å². The molecular weight excluding hydrogens is 188 g/mol. The molecular formula is C12H26N2O. The van der Waals surface area contributed by atoms with Crippen LogP contribution in [-0.4, -0.2) is 18.2 Å². The Bertz CT molecular complexity index is 176. The molecule has 1 rings (SSSR count). The molecule has 3 heteroatoms. The molecule has 1 aliphatic rings. The van der Waals surface area contributed by atoms with Crippen molar-refractivity contribution in [2.45, 2.75) is 64.5 Å². The van der Waals surface area contributed by atoms with Crippen LogP contribution in [0.2, 0.25) is 0 Å². The van der Waals surface area contributed by atoms with Crippen molar-refractivity contribution in [2.75, 3.05) is 6.61 Å². The van der Waals surface area contributed by atoms with Crippen LogP contribution in [0.25, 0.3) is 0 Å². The van der Waals surface area contributed by atoms with Crippen LogP contribution >= 0.6 is 0 Å². The van der Waals surface area contributed by atoms with E-state index in [0.717, 1.165) is 6.61 Å². The van der Waals surface area contributed by atoms with Crippen molar-refractivity contribution >= 4 is 0 Å². The summed E-state index contributed by atoms with van der Waals surface area (Å²) in [4.78, 5) is 0. The summed E-state index contributed by atoms with van der Waals surface area (Å²) in [5, 5.41) is 0. The summed E-state index contributed by atoms with van der Waals surface area (Å²) in [5.74, 6) is 6.36. The van der Waals surface area contributed by atoms with Crippen LogP contribution in [0, 0.1) is 5.92 Å². The Balaban J connectivity index is 2.59. The maximum Gasteiger partial charge on any atom is 0.0794 e. The minimum Gasteiger partial charge on any atom is -0.374 e. The van der Waals surface area contributed by atoms with Crippen LogP contribution in [0.5, 0.6) is 0 Å². The summed E-state index contributed by atoms with van der Waals surface area (Å²) in [7, 11) is 0. The third kappa shape index (κ3) is 3.44. The maximum absolute atomic E-state index is 5.79. The summed E-state index contributed by atoms with van der Waals surface area (Å²) in [5.41, 5.74) is 2.81. The van der Waals surface area contributed by atoms with Gasteiger partial charge >= 0.3 is 0 Å². The van der Waals surface area contributed by atoms with E-state index < -0.39 is 0 Å². The first-order valence-electron chi connectivity index (χ1n) is 6.22. The van der Waals surface area contributed by atoms with E-state index in [-0.39, 0.29) is 11.6 Å². The highest BCUT2D eigenvalue weighted by molar-refractivity contribution is 4.90. The smallest absolute Gasteiger partial charge is 0.0794 e.